The minimum Gasteiger partial charge on any atom is -0.356 e. The van der Waals surface area contributed by atoms with Crippen LogP contribution in [0.15, 0.2) is 4.99 Å². The van der Waals surface area contributed by atoms with E-state index in [9.17, 15) is 8.42 Å². The highest BCUT2D eigenvalue weighted by Gasteiger charge is 2.40. The SMILES string of the molecule is CN=C(NCC1CCCCC1)N1CCS(=O)(=O)C(C)(C)C1. The molecule has 0 bridgehead atoms. The van der Waals surface area contributed by atoms with E-state index in [1.165, 1.54) is 32.1 Å². The van der Waals surface area contributed by atoms with E-state index in [2.05, 4.69) is 15.2 Å². The number of hydrogen-bond donors (Lipinski definition) is 1. The molecule has 1 aliphatic heterocycles. The molecule has 0 amide bonds. The largest absolute Gasteiger partial charge is 0.356 e. The van der Waals surface area contributed by atoms with Crippen molar-refractivity contribution in [3.05, 3.63) is 0 Å². The second-order valence-corrected chi connectivity index (χ2v) is 9.68. The molecule has 2 fully saturated rings. The summed E-state index contributed by atoms with van der Waals surface area (Å²) in [6.07, 6.45) is 6.62. The zero-order valence-corrected chi connectivity index (χ0v) is 14.4. The third-order valence-corrected chi connectivity index (χ3v) is 7.36. The third kappa shape index (κ3) is 3.90. The van der Waals surface area contributed by atoms with Gasteiger partial charge < -0.3 is 10.2 Å². The molecule has 2 aliphatic rings. The van der Waals surface area contributed by atoms with Gasteiger partial charge in [0.05, 0.1) is 10.5 Å². The van der Waals surface area contributed by atoms with Crippen molar-refractivity contribution >= 4 is 15.8 Å². The fraction of sp³-hybridized carbons (Fsp3) is 0.933. The molecular weight excluding hydrogens is 286 g/mol. The van der Waals surface area contributed by atoms with Crippen LogP contribution in [0.5, 0.6) is 0 Å². The van der Waals surface area contributed by atoms with Gasteiger partial charge in [0.1, 0.15) is 0 Å². The van der Waals surface area contributed by atoms with Crippen molar-refractivity contribution in [2.45, 2.75) is 50.7 Å². The average molecular weight is 315 g/mol. The van der Waals surface area contributed by atoms with Gasteiger partial charge in [-0.15, -0.1) is 0 Å². The fourth-order valence-corrected chi connectivity index (χ4v) is 4.65. The summed E-state index contributed by atoms with van der Waals surface area (Å²) in [6, 6.07) is 0. The second kappa shape index (κ2) is 6.55. The van der Waals surface area contributed by atoms with Crippen molar-refractivity contribution in [1.82, 2.24) is 10.2 Å². The van der Waals surface area contributed by atoms with E-state index < -0.39 is 14.6 Å². The molecule has 0 atom stereocenters. The van der Waals surface area contributed by atoms with Gasteiger partial charge in [0.15, 0.2) is 15.8 Å². The quantitative estimate of drug-likeness (QED) is 0.622. The van der Waals surface area contributed by atoms with Crippen LogP contribution in [0.2, 0.25) is 0 Å². The number of sulfone groups is 1. The maximum Gasteiger partial charge on any atom is 0.193 e. The maximum absolute atomic E-state index is 12.1. The molecule has 0 unspecified atom stereocenters. The Morgan fingerprint density at radius 3 is 2.52 bits per heavy atom. The van der Waals surface area contributed by atoms with Crippen LogP contribution in [0.4, 0.5) is 0 Å². The molecule has 1 N–H and O–H groups in total. The molecular formula is C15H29N3O2S. The van der Waals surface area contributed by atoms with E-state index in [0.717, 1.165) is 18.4 Å². The van der Waals surface area contributed by atoms with Gasteiger partial charge in [0, 0.05) is 26.7 Å². The highest BCUT2D eigenvalue weighted by molar-refractivity contribution is 7.92. The van der Waals surface area contributed by atoms with Crippen LogP contribution in [0.25, 0.3) is 0 Å². The molecule has 1 aliphatic carbocycles. The molecule has 1 saturated heterocycles. The Labute approximate surface area is 129 Å². The number of hydrogen-bond acceptors (Lipinski definition) is 3. The van der Waals surface area contributed by atoms with Crippen molar-refractivity contribution in [1.29, 1.82) is 0 Å². The first-order chi connectivity index (χ1) is 9.86. The van der Waals surface area contributed by atoms with E-state index >= 15 is 0 Å². The number of guanidine groups is 1. The molecule has 0 aromatic heterocycles. The van der Waals surface area contributed by atoms with Crippen molar-refractivity contribution in [3.63, 3.8) is 0 Å². The Morgan fingerprint density at radius 1 is 1.29 bits per heavy atom. The molecule has 0 aromatic carbocycles. The van der Waals surface area contributed by atoms with Crippen LogP contribution >= 0.6 is 0 Å². The Morgan fingerprint density at radius 2 is 1.95 bits per heavy atom. The molecule has 2 rings (SSSR count). The van der Waals surface area contributed by atoms with Crippen LogP contribution in [0, 0.1) is 5.92 Å². The lowest BCUT2D eigenvalue weighted by atomic mass is 9.89. The van der Waals surface area contributed by atoms with Gasteiger partial charge >= 0.3 is 0 Å². The van der Waals surface area contributed by atoms with Crippen LogP contribution in [-0.4, -0.2) is 56.5 Å². The minimum absolute atomic E-state index is 0.212. The van der Waals surface area contributed by atoms with E-state index in [1.807, 2.05) is 13.8 Å². The molecule has 0 aromatic rings. The van der Waals surface area contributed by atoms with Gasteiger partial charge in [-0.05, 0) is 32.6 Å². The lowest BCUT2D eigenvalue weighted by Gasteiger charge is -2.39. The van der Waals surface area contributed by atoms with E-state index in [4.69, 9.17) is 0 Å². The fourth-order valence-electron chi connectivity index (χ4n) is 3.28. The summed E-state index contributed by atoms with van der Waals surface area (Å²) in [7, 11) is -1.22. The van der Waals surface area contributed by atoms with E-state index in [1.54, 1.807) is 7.05 Å². The van der Waals surface area contributed by atoms with Gasteiger partial charge in [-0.25, -0.2) is 8.42 Å². The summed E-state index contributed by atoms with van der Waals surface area (Å²) in [6.45, 7) is 5.62. The summed E-state index contributed by atoms with van der Waals surface area (Å²) in [5.74, 6) is 1.80. The Balaban J connectivity index is 1.92. The van der Waals surface area contributed by atoms with Crippen molar-refractivity contribution < 1.29 is 8.42 Å². The normalized spacial score (nSPS) is 26.6. The first kappa shape index (κ1) is 16.6. The van der Waals surface area contributed by atoms with E-state index in [-0.39, 0.29) is 5.75 Å². The van der Waals surface area contributed by atoms with E-state index in [0.29, 0.717) is 13.1 Å². The monoisotopic (exact) mass is 315 g/mol. The van der Waals surface area contributed by atoms with Gasteiger partial charge in [0.25, 0.3) is 0 Å². The standard InChI is InChI=1S/C15H29N3O2S/c1-15(2)12-18(9-10-21(15,19)20)14(16-3)17-11-13-7-5-4-6-8-13/h13H,4-12H2,1-3H3,(H,16,17). The lowest BCUT2D eigenvalue weighted by Crippen LogP contribution is -2.57. The number of nitrogens with zero attached hydrogens (tertiary/aromatic N) is 2. The zero-order valence-electron chi connectivity index (χ0n) is 13.6. The minimum atomic E-state index is -3.00. The summed E-state index contributed by atoms with van der Waals surface area (Å²) >= 11 is 0. The Kier molecular flexibility index (Phi) is 5.17. The second-order valence-electron chi connectivity index (χ2n) is 6.93. The predicted molar refractivity (Wildman–Crippen MR) is 87.4 cm³/mol. The average Bonchev–Trinajstić information content (AvgIpc) is 2.44. The maximum atomic E-state index is 12.1. The summed E-state index contributed by atoms with van der Waals surface area (Å²) in [4.78, 5) is 6.43. The van der Waals surface area contributed by atoms with Crippen LogP contribution < -0.4 is 5.32 Å². The van der Waals surface area contributed by atoms with Gasteiger partial charge in [-0.1, -0.05) is 19.3 Å². The number of aliphatic imine (C=N–C) groups is 1. The summed E-state index contributed by atoms with van der Waals surface area (Å²) < 4.78 is 23.5. The molecule has 6 heteroatoms. The van der Waals surface area contributed by atoms with Crippen molar-refractivity contribution in [3.8, 4) is 0 Å². The molecule has 1 heterocycles. The molecule has 1 saturated carbocycles. The zero-order chi connectivity index (χ0) is 15.5. The smallest absolute Gasteiger partial charge is 0.193 e. The topological polar surface area (TPSA) is 61.8 Å². The van der Waals surface area contributed by atoms with Crippen molar-refractivity contribution in [2.75, 3.05) is 32.4 Å². The van der Waals surface area contributed by atoms with Crippen LogP contribution in [0.3, 0.4) is 0 Å². The lowest BCUT2D eigenvalue weighted by molar-refractivity contribution is 0.331. The van der Waals surface area contributed by atoms with Gasteiger partial charge in [-0.2, -0.15) is 0 Å². The van der Waals surface area contributed by atoms with Gasteiger partial charge in [-0.3, -0.25) is 4.99 Å². The van der Waals surface area contributed by atoms with Crippen LogP contribution in [-0.2, 0) is 9.84 Å². The Hall–Kier alpha value is -0.780. The molecule has 122 valence electrons. The molecule has 0 spiro atoms. The molecule has 21 heavy (non-hydrogen) atoms. The molecule has 5 nitrogen and oxygen atoms in total. The molecule has 0 radical (unpaired) electrons. The summed E-state index contributed by atoms with van der Waals surface area (Å²) in [5, 5.41) is 3.46. The number of nitrogens with one attached hydrogen (secondary N) is 1. The highest BCUT2D eigenvalue weighted by Crippen LogP contribution is 2.25. The highest BCUT2D eigenvalue weighted by atomic mass is 32.2. The predicted octanol–water partition coefficient (Wildman–Crippen LogP) is 1.65. The summed E-state index contributed by atoms with van der Waals surface area (Å²) in [5.41, 5.74) is 0. The van der Waals surface area contributed by atoms with Crippen molar-refractivity contribution in [2.24, 2.45) is 10.9 Å². The number of rotatable bonds is 2. The van der Waals surface area contributed by atoms with Crippen LogP contribution in [0.1, 0.15) is 46.0 Å². The first-order valence-corrected chi connectivity index (χ1v) is 9.69. The first-order valence-electron chi connectivity index (χ1n) is 8.03. The van der Waals surface area contributed by atoms with Gasteiger partial charge in [0.2, 0.25) is 0 Å². The third-order valence-electron chi connectivity index (χ3n) is 4.83. The Bertz CT molecular complexity index is 479.